The highest BCUT2D eigenvalue weighted by molar-refractivity contribution is 9.09. The average Bonchev–Trinajstić information content (AvgIpc) is 3.18. The Morgan fingerprint density at radius 2 is 1.64 bits per heavy atom. The highest BCUT2D eigenvalue weighted by Gasteiger charge is 2.44. The van der Waals surface area contributed by atoms with Crippen molar-refractivity contribution in [2.24, 2.45) is 0 Å². The van der Waals surface area contributed by atoms with E-state index in [9.17, 15) is 0 Å². The van der Waals surface area contributed by atoms with Gasteiger partial charge in [-0.15, -0.1) is 0 Å². The Bertz CT molecular complexity index is 1330. The van der Waals surface area contributed by atoms with Crippen molar-refractivity contribution < 1.29 is 0 Å². The van der Waals surface area contributed by atoms with Crippen LogP contribution in [0.4, 0.5) is 0 Å². The summed E-state index contributed by atoms with van der Waals surface area (Å²) in [5, 5.41) is 0. The smallest absolute Gasteiger partial charge is 0.0937 e. The summed E-state index contributed by atoms with van der Waals surface area (Å²) >= 11 is 3.69. The topological polar surface area (TPSA) is 0 Å². The van der Waals surface area contributed by atoms with Gasteiger partial charge in [-0.25, -0.2) is 0 Å². The molecule has 3 aromatic carbocycles. The minimum Gasteiger partial charge on any atom is -0.0985 e. The van der Waals surface area contributed by atoms with Gasteiger partial charge in [0.2, 0.25) is 0 Å². The maximum atomic E-state index is 3.85. The van der Waals surface area contributed by atoms with Crippen LogP contribution in [-0.2, 0) is 11.8 Å². The van der Waals surface area contributed by atoms with Crippen LogP contribution in [0.1, 0.15) is 66.3 Å². The first-order valence-corrected chi connectivity index (χ1v) is 14.0. The van der Waals surface area contributed by atoms with E-state index >= 15 is 0 Å². The zero-order chi connectivity index (χ0) is 24.8. The second-order valence-electron chi connectivity index (χ2n) is 9.83. The number of hydrogen-bond donors (Lipinski definition) is 0. The number of unbranched alkanes of at least 4 members (excludes halogenated alkanes) is 3. The van der Waals surface area contributed by atoms with E-state index in [1.165, 1.54) is 64.6 Å². The number of aryl methyl sites for hydroxylation is 1. The van der Waals surface area contributed by atoms with Crippen LogP contribution in [0, 0.1) is 11.8 Å². The third-order valence-corrected chi connectivity index (χ3v) is 8.24. The van der Waals surface area contributed by atoms with Gasteiger partial charge in [0.05, 0.1) is 4.83 Å². The molecule has 36 heavy (non-hydrogen) atoms. The van der Waals surface area contributed by atoms with E-state index in [2.05, 4.69) is 125 Å². The lowest BCUT2D eigenvalue weighted by Gasteiger charge is -2.35. The van der Waals surface area contributed by atoms with Crippen LogP contribution in [0.25, 0.3) is 11.6 Å². The lowest BCUT2D eigenvalue weighted by molar-refractivity contribution is 0.498. The number of alkyl halides is 1. The Labute approximate surface area is 225 Å². The minimum absolute atomic E-state index is 0.105. The van der Waals surface area contributed by atoms with E-state index in [-0.39, 0.29) is 10.2 Å². The monoisotopic (exact) mass is 532 g/mol. The van der Waals surface area contributed by atoms with Gasteiger partial charge in [0, 0.05) is 11.8 Å². The molecule has 0 radical (unpaired) electrons. The van der Waals surface area contributed by atoms with Crippen LogP contribution >= 0.6 is 15.9 Å². The van der Waals surface area contributed by atoms with Crippen molar-refractivity contribution in [3.63, 3.8) is 0 Å². The Balaban J connectivity index is 1.38. The van der Waals surface area contributed by atoms with Gasteiger partial charge in [0.15, 0.2) is 0 Å². The molecular weight excluding hydrogens is 500 g/mol. The predicted molar refractivity (Wildman–Crippen MR) is 158 cm³/mol. The zero-order valence-corrected chi connectivity index (χ0v) is 22.4. The fourth-order valence-electron chi connectivity index (χ4n) is 5.92. The molecule has 0 amide bonds. The van der Waals surface area contributed by atoms with E-state index in [0.717, 1.165) is 19.3 Å². The van der Waals surface area contributed by atoms with E-state index in [0.29, 0.717) is 0 Å². The summed E-state index contributed by atoms with van der Waals surface area (Å²) in [7, 11) is 0. The maximum absolute atomic E-state index is 3.85. The molecule has 2 unspecified atom stereocenters. The largest absolute Gasteiger partial charge is 0.0985 e. The van der Waals surface area contributed by atoms with Crippen LogP contribution in [0.2, 0.25) is 0 Å². The molecule has 0 aliphatic heterocycles. The summed E-state index contributed by atoms with van der Waals surface area (Å²) in [5.41, 5.74) is 9.57. The van der Waals surface area contributed by atoms with Crippen LogP contribution in [0.15, 0.2) is 103 Å². The number of allylic oxidation sites excluding steroid dienone is 4. The summed E-state index contributed by atoms with van der Waals surface area (Å²) in [4.78, 5) is 0.110. The molecule has 0 heterocycles. The molecule has 0 fully saturated rings. The number of hydrogen-bond acceptors (Lipinski definition) is 0. The maximum Gasteiger partial charge on any atom is 0.0937 e. The number of benzene rings is 3. The molecule has 0 saturated carbocycles. The standard InChI is InChI=1S/C35H33Br/c1-2-27-20-22-28(23-21-27)13-6-3-4-11-26-35(29-14-7-5-8-15-29)33-18-10-9-17-31(33)32-25-24-30(36)16-12-19-34(32)35/h2,5,7-10,14-15,17-18,20-25,30H,1,3-4,6,11,13,19,26H2/b25-24-. The molecule has 2 aliphatic rings. The molecule has 3 aromatic rings. The summed E-state index contributed by atoms with van der Waals surface area (Å²) in [6.07, 6.45) is 14.4. The SMILES string of the molecule is C=Cc1ccc(CCCCCCC2(c3ccccc3)C3=C(/C=C\C(Br)C#CC3)c3ccccc32)cc1. The van der Waals surface area contributed by atoms with Gasteiger partial charge in [-0.1, -0.05) is 151 Å². The first kappa shape index (κ1) is 24.6. The molecule has 0 N–H and O–H groups in total. The van der Waals surface area contributed by atoms with Gasteiger partial charge in [0.1, 0.15) is 0 Å². The van der Waals surface area contributed by atoms with Crippen LogP contribution in [0.3, 0.4) is 0 Å². The quantitative estimate of drug-likeness (QED) is 0.146. The Morgan fingerprint density at radius 1 is 0.889 bits per heavy atom. The molecule has 2 atom stereocenters. The van der Waals surface area contributed by atoms with Gasteiger partial charge >= 0.3 is 0 Å². The van der Waals surface area contributed by atoms with Gasteiger partial charge in [-0.3, -0.25) is 0 Å². The van der Waals surface area contributed by atoms with Crippen molar-refractivity contribution in [2.75, 3.05) is 0 Å². The zero-order valence-electron chi connectivity index (χ0n) is 20.8. The lowest BCUT2D eigenvalue weighted by Crippen LogP contribution is -2.28. The van der Waals surface area contributed by atoms with Gasteiger partial charge in [-0.05, 0) is 58.2 Å². The molecule has 5 rings (SSSR count). The molecule has 0 nitrogen and oxygen atoms in total. The van der Waals surface area contributed by atoms with E-state index in [1.54, 1.807) is 0 Å². The Morgan fingerprint density at radius 3 is 2.44 bits per heavy atom. The summed E-state index contributed by atoms with van der Waals surface area (Å²) in [6, 6.07) is 29.0. The minimum atomic E-state index is -0.105. The molecule has 0 aromatic heterocycles. The second kappa shape index (κ2) is 11.3. The molecular formula is C35H33Br. The fourth-order valence-corrected chi connectivity index (χ4v) is 6.24. The molecule has 0 saturated heterocycles. The van der Waals surface area contributed by atoms with Crippen LogP contribution in [0.5, 0.6) is 0 Å². The lowest BCUT2D eigenvalue weighted by atomic mass is 9.67. The van der Waals surface area contributed by atoms with Crippen molar-refractivity contribution in [1.29, 1.82) is 0 Å². The molecule has 0 spiro atoms. The molecule has 1 heteroatoms. The molecule has 2 aliphatic carbocycles. The Kier molecular flexibility index (Phi) is 7.74. The average molecular weight is 534 g/mol. The van der Waals surface area contributed by atoms with Crippen molar-refractivity contribution >= 4 is 27.6 Å². The van der Waals surface area contributed by atoms with Gasteiger partial charge in [0.25, 0.3) is 0 Å². The third kappa shape index (κ3) is 4.93. The van der Waals surface area contributed by atoms with Gasteiger partial charge < -0.3 is 0 Å². The summed E-state index contributed by atoms with van der Waals surface area (Å²) in [6.45, 7) is 3.85. The van der Waals surface area contributed by atoms with Crippen molar-refractivity contribution in [2.45, 2.75) is 55.2 Å². The fraction of sp³-hybridized carbons (Fsp3) is 0.257. The van der Waals surface area contributed by atoms with E-state index in [4.69, 9.17) is 0 Å². The summed E-state index contributed by atoms with van der Waals surface area (Å²) in [5.74, 6) is 6.85. The molecule has 0 bridgehead atoms. The normalized spacial score (nSPS) is 21.0. The highest BCUT2D eigenvalue weighted by atomic mass is 79.9. The van der Waals surface area contributed by atoms with Crippen molar-refractivity contribution in [3.05, 3.63) is 131 Å². The van der Waals surface area contributed by atoms with E-state index in [1.807, 2.05) is 6.08 Å². The predicted octanol–water partition coefficient (Wildman–Crippen LogP) is 9.30. The molecule has 180 valence electrons. The number of rotatable bonds is 9. The van der Waals surface area contributed by atoms with Crippen LogP contribution in [-0.4, -0.2) is 4.83 Å². The first-order chi connectivity index (χ1) is 17.7. The number of fused-ring (bicyclic) bond motifs is 2. The van der Waals surface area contributed by atoms with Crippen molar-refractivity contribution in [3.8, 4) is 11.8 Å². The summed E-state index contributed by atoms with van der Waals surface area (Å²) < 4.78 is 0. The second-order valence-corrected chi connectivity index (χ2v) is 10.8. The first-order valence-electron chi connectivity index (χ1n) is 13.1. The number of halogens is 1. The van der Waals surface area contributed by atoms with Gasteiger partial charge in [-0.2, -0.15) is 0 Å². The van der Waals surface area contributed by atoms with E-state index < -0.39 is 0 Å². The third-order valence-electron chi connectivity index (χ3n) is 7.70. The van der Waals surface area contributed by atoms with Crippen molar-refractivity contribution in [1.82, 2.24) is 0 Å². The highest BCUT2D eigenvalue weighted by Crippen LogP contribution is 2.55. The Hall–Kier alpha value is -3.08. The van der Waals surface area contributed by atoms with Crippen LogP contribution < -0.4 is 0 Å².